The van der Waals surface area contributed by atoms with E-state index in [1.807, 2.05) is 0 Å². The van der Waals surface area contributed by atoms with Crippen LogP contribution >= 0.6 is 0 Å². The lowest BCUT2D eigenvalue weighted by atomic mass is 9.81. The molecule has 1 aliphatic carbocycles. The van der Waals surface area contributed by atoms with Gasteiger partial charge in [-0.25, -0.2) is 0 Å². The van der Waals surface area contributed by atoms with Crippen molar-refractivity contribution in [1.29, 1.82) is 0 Å². The van der Waals surface area contributed by atoms with Gasteiger partial charge in [0.15, 0.2) is 0 Å². The van der Waals surface area contributed by atoms with Gasteiger partial charge in [0.25, 0.3) is 0 Å². The number of allylic oxidation sites excluding steroid dienone is 1. The van der Waals surface area contributed by atoms with E-state index in [9.17, 15) is 0 Å². The third-order valence-electron chi connectivity index (χ3n) is 9.60. The minimum absolute atomic E-state index is 0.240. The monoisotopic (exact) mass is 568 g/mol. The molecule has 5 aromatic carbocycles. The molecule has 4 bridgehead atoms. The fraction of sp³-hybridized carbons (Fsp3) is 0.243. The van der Waals surface area contributed by atoms with Crippen LogP contribution in [0.25, 0.3) is 33.2 Å². The first-order chi connectivity index (χ1) is 18.9. The maximum atomic E-state index is 2.72. The Morgan fingerprint density at radius 3 is 1.70 bits per heavy atom. The van der Waals surface area contributed by atoms with Gasteiger partial charge in [0.05, 0.1) is 16.1 Å². The molecule has 0 spiro atoms. The second-order valence-corrected chi connectivity index (χ2v) is 29.0. The number of hydrogen-bond acceptors (Lipinski definition) is 0. The molecule has 3 heteroatoms. The largest absolute Gasteiger partial charge is 0.113 e. The minimum Gasteiger partial charge on any atom is -0.0656 e. The van der Waals surface area contributed by atoms with Gasteiger partial charge >= 0.3 is 0 Å². The molecule has 2 aliphatic rings. The Hall–Kier alpha value is -2.99. The molecule has 1 heterocycles. The maximum absolute atomic E-state index is 2.72. The zero-order chi connectivity index (χ0) is 28.2. The fourth-order valence-electron chi connectivity index (χ4n) is 7.64. The van der Waals surface area contributed by atoms with Gasteiger partial charge < -0.3 is 0 Å². The Kier molecular flexibility index (Phi) is 5.52. The van der Waals surface area contributed by atoms with Crippen LogP contribution in [-0.2, 0) is 0 Å². The Bertz CT molecular complexity index is 1890. The van der Waals surface area contributed by atoms with Gasteiger partial charge in [0.1, 0.15) is 8.07 Å². The summed E-state index contributed by atoms with van der Waals surface area (Å²) in [7, 11) is -5.54. The first-order valence-corrected chi connectivity index (χ1v) is 24.8. The molecule has 1 aliphatic heterocycles. The van der Waals surface area contributed by atoms with Crippen molar-refractivity contribution in [3.05, 3.63) is 107 Å². The summed E-state index contributed by atoms with van der Waals surface area (Å²) >= 11 is 0. The van der Waals surface area contributed by atoms with Gasteiger partial charge in [0, 0.05) is 5.92 Å². The topological polar surface area (TPSA) is 0 Å². The zero-order valence-corrected chi connectivity index (χ0v) is 28.2. The molecule has 5 aromatic rings. The third kappa shape index (κ3) is 3.60. The van der Waals surface area contributed by atoms with Crippen molar-refractivity contribution in [2.24, 2.45) is 0 Å². The Morgan fingerprint density at radius 1 is 0.575 bits per heavy atom. The van der Waals surface area contributed by atoms with Gasteiger partial charge in [-0.05, 0) is 65.8 Å². The summed E-state index contributed by atoms with van der Waals surface area (Å²) in [5, 5.41) is 12.4. The Balaban J connectivity index is 1.81. The number of benzene rings is 5. The highest BCUT2D eigenvalue weighted by molar-refractivity contribution is 7.04. The zero-order valence-electron chi connectivity index (χ0n) is 25.2. The van der Waals surface area contributed by atoms with E-state index in [2.05, 4.69) is 143 Å². The van der Waals surface area contributed by atoms with E-state index in [1.165, 1.54) is 43.8 Å². The second kappa shape index (κ2) is 8.51. The summed E-state index contributed by atoms with van der Waals surface area (Å²) in [6, 6.07) is 33.4. The van der Waals surface area contributed by atoms with E-state index < -0.39 is 24.2 Å². The molecule has 0 saturated heterocycles. The van der Waals surface area contributed by atoms with Crippen LogP contribution in [0.1, 0.15) is 28.2 Å². The first-order valence-electron chi connectivity index (χ1n) is 14.8. The summed E-state index contributed by atoms with van der Waals surface area (Å²) in [6.07, 6.45) is 2.56. The summed E-state index contributed by atoms with van der Waals surface area (Å²) < 4.78 is 0. The second-order valence-electron chi connectivity index (χ2n) is 14.6. The molecule has 0 amide bonds. The van der Waals surface area contributed by atoms with Crippen LogP contribution in [0.5, 0.6) is 0 Å². The molecule has 0 aromatic heterocycles. The van der Waals surface area contributed by atoms with E-state index in [1.54, 1.807) is 26.3 Å². The van der Waals surface area contributed by atoms with E-state index in [0.717, 1.165) is 0 Å². The number of hydrogen-bond donors (Lipinski definition) is 0. The molecule has 40 heavy (non-hydrogen) atoms. The van der Waals surface area contributed by atoms with Crippen LogP contribution in [-0.4, -0.2) is 24.2 Å². The molecule has 0 fully saturated rings. The van der Waals surface area contributed by atoms with E-state index in [-0.39, 0.29) is 5.92 Å². The SMILES string of the molecule is C[Si](C)(C)c1cc2c3ccccc3c1C1=Cc3ccccc3C1c1c([Si](C)(C)C)cc(c3ccccc13)[Si]2(C)C. The van der Waals surface area contributed by atoms with Gasteiger partial charge in [-0.3, -0.25) is 0 Å². The van der Waals surface area contributed by atoms with E-state index in [0.29, 0.717) is 0 Å². The Labute approximate surface area is 242 Å². The highest BCUT2D eigenvalue weighted by Gasteiger charge is 2.41. The van der Waals surface area contributed by atoms with Crippen LogP contribution in [0.2, 0.25) is 52.4 Å². The molecule has 200 valence electrons. The number of fused-ring (bicyclic) bond motifs is 17. The lowest BCUT2D eigenvalue weighted by Gasteiger charge is -2.32. The van der Waals surface area contributed by atoms with Crippen molar-refractivity contribution in [3.8, 4) is 0 Å². The average Bonchev–Trinajstić information content (AvgIpc) is 3.27. The molecule has 0 N–H and O–H groups in total. The van der Waals surface area contributed by atoms with Gasteiger partial charge in [-0.15, -0.1) is 0 Å². The normalized spacial score (nSPS) is 17.6. The lowest BCUT2D eigenvalue weighted by molar-refractivity contribution is 1.09. The van der Waals surface area contributed by atoms with Crippen LogP contribution in [0, 0.1) is 0 Å². The van der Waals surface area contributed by atoms with Crippen LogP contribution in [0.15, 0.2) is 84.9 Å². The molecule has 1 atom stereocenters. The highest BCUT2D eigenvalue weighted by Crippen LogP contribution is 2.49. The summed E-state index contributed by atoms with van der Waals surface area (Å²) in [4.78, 5) is 0. The van der Waals surface area contributed by atoms with Crippen molar-refractivity contribution in [3.63, 3.8) is 0 Å². The molecular formula is C37H40Si3. The minimum atomic E-state index is -2.11. The third-order valence-corrected chi connectivity index (χ3v) is 17.2. The number of rotatable bonds is 2. The molecule has 0 saturated carbocycles. The maximum Gasteiger partial charge on any atom is 0.113 e. The predicted octanol–water partition coefficient (Wildman–Crippen LogP) is 7.91. The average molecular weight is 569 g/mol. The Morgan fingerprint density at radius 2 is 1.07 bits per heavy atom. The molecule has 7 rings (SSSR count). The van der Waals surface area contributed by atoms with Crippen molar-refractivity contribution in [1.82, 2.24) is 0 Å². The fourth-order valence-corrected chi connectivity index (χ4v) is 14.3. The smallest absolute Gasteiger partial charge is 0.0656 e. The summed E-state index contributed by atoms with van der Waals surface area (Å²) in [5.41, 5.74) is 7.48. The first kappa shape index (κ1) is 25.9. The summed E-state index contributed by atoms with van der Waals surface area (Å²) in [6.45, 7) is 20.5. The van der Waals surface area contributed by atoms with Crippen molar-refractivity contribution >= 4 is 78.2 Å². The van der Waals surface area contributed by atoms with Crippen molar-refractivity contribution in [2.45, 2.75) is 58.3 Å². The van der Waals surface area contributed by atoms with Gasteiger partial charge in [-0.1, -0.05) is 148 Å². The molecule has 0 nitrogen and oxygen atoms in total. The van der Waals surface area contributed by atoms with E-state index in [4.69, 9.17) is 0 Å². The molecular weight excluding hydrogens is 529 g/mol. The lowest BCUT2D eigenvalue weighted by Crippen LogP contribution is -2.57. The highest BCUT2D eigenvalue weighted by atomic mass is 28.3. The van der Waals surface area contributed by atoms with Crippen LogP contribution in [0.4, 0.5) is 0 Å². The van der Waals surface area contributed by atoms with Crippen LogP contribution in [0.3, 0.4) is 0 Å². The molecule has 1 unspecified atom stereocenters. The van der Waals surface area contributed by atoms with Gasteiger partial charge in [0.2, 0.25) is 0 Å². The van der Waals surface area contributed by atoms with Crippen LogP contribution < -0.4 is 20.7 Å². The van der Waals surface area contributed by atoms with Crippen molar-refractivity contribution < 1.29 is 0 Å². The van der Waals surface area contributed by atoms with E-state index >= 15 is 0 Å². The quantitative estimate of drug-likeness (QED) is 0.190. The van der Waals surface area contributed by atoms with Crippen molar-refractivity contribution in [2.75, 3.05) is 0 Å². The standard InChI is InChI=1S/C37H40Si3/c1-38(2,3)33-22-31-26-17-11-13-19-28(26)35(33)30-21-24-15-9-10-16-25(24)36(30)37-29-20-14-12-18-27(29)32(40(31,7)8)23-34(37)39(4,5)6/h9-23,36H,1-8H3. The molecule has 0 radical (unpaired) electrons. The van der Waals surface area contributed by atoms with Gasteiger partial charge in [-0.2, -0.15) is 0 Å². The summed E-state index contributed by atoms with van der Waals surface area (Å²) in [5.74, 6) is 0.240. The predicted molar refractivity (Wildman–Crippen MR) is 187 cm³/mol.